The minimum absolute atomic E-state index is 0.866. The van der Waals surface area contributed by atoms with Gasteiger partial charge in [0.2, 0.25) is 0 Å². The van der Waals surface area contributed by atoms with Crippen molar-refractivity contribution in [1.29, 1.82) is 0 Å². The van der Waals surface area contributed by atoms with Crippen LogP contribution in [-0.2, 0) is 0 Å². The van der Waals surface area contributed by atoms with Gasteiger partial charge in [-0.3, -0.25) is 0 Å². The van der Waals surface area contributed by atoms with Gasteiger partial charge in [0, 0.05) is 0 Å². The second kappa shape index (κ2) is 1.91. The molecule has 0 aliphatic heterocycles. The van der Waals surface area contributed by atoms with Gasteiger partial charge in [-0.15, -0.1) is 0 Å². The molecule has 3 rings (SSSR count). The largest absolute Gasteiger partial charge is 0.0620 e. The van der Waals surface area contributed by atoms with E-state index in [9.17, 15) is 0 Å². The van der Waals surface area contributed by atoms with Gasteiger partial charge in [-0.2, -0.15) is 0 Å². The third-order valence-electron chi connectivity index (χ3n) is 5.94. The lowest BCUT2D eigenvalue weighted by molar-refractivity contribution is -0.250. The summed E-state index contributed by atoms with van der Waals surface area (Å²) in [4.78, 5) is 0. The molecule has 2 spiro atoms. The lowest BCUT2D eigenvalue weighted by Crippen LogP contribution is -2.66. The molecule has 0 N–H and O–H groups in total. The van der Waals surface area contributed by atoms with E-state index >= 15 is 0 Å². The molecule has 4 unspecified atom stereocenters. The van der Waals surface area contributed by atoms with Crippen molar-refractivity contribution in [3.8, 4) is 0 Å². The molecule has 3 aliphatic rings. The maximum atomic E-state index is 2.50. The monoisotopic (exact) mass is 164 g/mol. The van der Waals surface area contributed by atoms with Gasteiger partial charge in [-0.1, -0.05) is 13.8 Å². The lowest BCUT2D eigenvalue weighted by Gasteiger charge is -2.74. The second-order valence-electron chi connectivity index (χ2n) is 5.69. The Bertz CT molecular complexity index is 188. The fraction of sp³-hybridized carbons (Fsp3) is 1.00. The molecule has 0 heterocycles. The zero-order valence-electron chi connectivity index (χ0n) is 8.40. The summed E-state index contributed by atoms with van der Waals surface area (Å²) >= 11 is 0. The average molecular weight is 164 g/mol. The van der Waals surface area contributed by atoms with E-state index in [1.165, 1.54) is 12.8 Å². The third kappa shape index (κ3) is 0.506. The molecule has 0 nitrogen and oxygen atoms in total. The fourth-order valence-electron chi connectivity index (χ4n) is 4.55. The van der Waals surface area contributed by atoms with Gasteiger partial charge in [-0.05, 0) is 61.2 Å². The van der Waals surface area contributed by atoms with E-state index in [2.05, 4.69) is 13.8 Å². The van der Waals surface area contributed by atoms with E-state index in [1.807, 2.05) is 0 Å². The molecule has 4 atom stereocenters. The Morgan fingerprint density at radius 3 is 1.25 bits per heavy atom. The Labute approximate surface area is 75.7 Å². The molecule has 0 saturated heterocycles. The van der Waals surface area contributed by atoms with Crippen LogP contribution in [0.25, 0.3) is 0 Å². The highest BCUT2D eigenvalue weighted by Crippen LogP contribution is 2.77. The van der Waals surface area contributed by atoms with Crippen LogP contribution in [0.5, 0.6) is 0 Å². The van der Waals surface area contributed by atoms with E-state index < -0.39 is 0 Å². The summed E-state index contributed by atoms with van der Waals surface area (Å²) in [5.74, 6) is 2.13. The second-order valence-corrected chi connectivity index (χ2v) is 5.69. The summed E-state index contributed by atoms with van der Waals surface area (Å²) in [6.07, 6.45) is 9.32. The number of hydrogen-bond donors (Lipinski definition) is 0. The van der Waals surface area contributed by atoms with Crippen LogP contribution in [0.15, 0.2) is 0 Å². The van der Waals surface area contributed by atoms with Crippen LogP contribution in [0.4, 0.5) is 0 Å². The van der Waals surface area contributed by atoms with E-state index in [-0.39, 0.29) is 0 Å². The van der Waals surface area contributed by atoms with Crippen LogP contribution in [0.1, 0.15) is 52.4 Å². The van der Waals surface area contributed by atoms with Crippen molar-refractivity contribution >= 4 is 0 Å². The Kier molecular flexibility index (Phi) is 1.18. The smallest absolute Gasteiger partial charge is 0.0212 e. The highest BCUT2D eigenvalue weighted by atomic mass is 14.7. The highest BCUT2D eigenvalue weighted by molar-refractivity contribution is 5.18. The van der Waals surface area contributed by atoms with Crippen LogP contribution in [0.2, 0.25) is 0 Å². The van der Waals surface area contributed by atoms with Gasteiger partial charge >= 0.3 is 0 Å². The predicted molar refractivity (Wildman–Crippen MR) is 50.9 cm³/mol. The summed E-state index contributed by atoms with van der Waals surface area (Å²) in [5, 5.41) is 0. The Hall–Kier alpha value is 0. The lowest BCUT2D eigenvalue weighted by atomic mass is 9.30. The van der Waals surface area contributed by atoms with Crippen LogP contribution in [-0.4, -0.2) is 0 Å². The van der Waals surface area contributed by atoms with Crippen molar-refractivity contribution in [3.05, 3.63) is 0 Å². The molecule has 0 radical (unpaired) electrons. The summed E-state index contributed by atoms with van der Waals surface area (Å²) in [5.41, 5.74) is 1.73. The molecule has 0 aromatic heterocycles. The van der Waals surface area contributed by atoms with E-state index in [1.54, 1.807) is 25.7 Å². The quantitative estimate of drug-likeness (QED) is 0.513. The normalized spacial score (nSPS) is 62.5. The molecule has 3 aliphatic carbocycles. The zero-order chi connectivity index (χ0) is 8.40. The molecular weight excluding hydrogens is 144 g/mol. The highest BCUT2D eigenvalue weighted by Gasteiger charge is 2.68. The van der Waals surface area contributed by atoms with Crippen molar-refractivity contribution < 1.29 is 0 Å². The molecule has 12 heavy (non-hydrogen) atoms. The molecule has 0 amide bonds. The van der Waals surface area contributed by atoms with Crippen molar-refractivity contribution in [2.75, 3.05) is 0 Å². The topological polar surface area (TPSA) is 0 Å². The maximum Gasteiger partial charge on any atom is -0.0212 e. The summed E-state index contributed by atoms with van der Waals surface area (Å²) in [7, 11) is 0. The maximum absolute atomic E-state index is 2.50. The van der Waals surface area contributed by atoms with E-state index in [4.69, 9.17) is 0 Å². The molecule has 0 aromatic carbocycles. The van der Waals surface area contributed by atoms with Crippen LogP contribution >= 0.6 is 0 Å². The zero-order valence-corrected chi connectivity index (χ0v) is 8.40. The molecule has 0 aromatic rings. The van der Waals surface area contributed by atoms with Crippen LogP contribution < -0.4 is 0 Å². The predicted octanol–water partition coefficient (Wildman–Crippen LogP) is 3.61. The van der Waals surface area contributed by atoms with Gasteiger partial charge in [0.05, 0.1) is 0 Å². The van der Waals surface area contributed by atoms with E-state index in [0.717, 1.165) is 22.7 Å². The molecule has 0 heteroatoms. The SMILES string of the molecule is CC1CCC12CCC21CCC1C. The summed E-state index contributed by atoms with van der Waals surface area (Å²) in [6.45, 7) is 4.99. The first-order valence-electron chi connectivity index (χ1n) is 5.71. The Morgan fingerprint density at radius 2 is 1.17 bits per heavy atom. The van der Waals surface area contributed by atoms with Crippen molar-refractivity contribution in [2.45, 2.75) is 52.4 Å². The van der Waals surface area contributed by atoms with Gasteiger partial charge < -0.3 is 0 Å². The van der Waals surface area contributed by atoms with Gasteiger partial charge in [-0.25, -0.2) is 0 Å². The number of fused-ring (bicyclic) bond motifs is 1. The first kappa shape index (κ1) is 7.41. The minimum atomic E-state index is 0.866. The Balaban J connectivity index is 1.89. The molecule has 68 valence electrons. The first-order valence-corrected chi connectivity index (χ1v) is 5.71. The molecule has 0 bridgehead atoms. The fourth-order valence-corrected chi connectivity index (χ4v) is 4.55. The minimum Gasteiger partial charge on any atom is -0.0620 e. The van der Waals surface area contributed by atoms with Crippen molar-refractivity contribution in [1.82, 2.24) is 0 Å². The Morgan fingerprint density at radius 1 is 0.750 bits per heavy atom. The van der Waals surface area contributed by atoms with E-state index in [0.29, 0.717) is 0 Å². The average Bonchev–Trinajstić information content (AvgIpc) is 1.97. The molecule has 3 fully saturated rings. The van der Waals surface area contributed by atoms with Gasteiger partial charge in [0.1, 0.15) is 0 Å². The third-order valence-corrected chi connectivity index (χ3v) is 5.94. The number of rotatable bonds is 0. The summed E-state index contributed by atoms with van der Waals surface area (Å²) in [6, 6.07) is 0. The van der Waals surface area contributed by atoms with Crippen molar-refractivity contribution in [2.24, 2.45) is 22.7 Å². The number of hydrogen-bond acceptors (Lipinski definition) is 0. The molecule has 3 saturated carbocycles. The van der Waals surface area contributed by atoms with Crippen molar-refractivity contribution in [3.63, 3.8) is 0 Å². The summed E-state index contributed by atoms with van der Waals surface area (Å²) < 4.78 is 0. The van der Waals surface area contributed by atoms with Gasteiger partial charge in [0.25, 0.3) is 0 Å². The van der Waals surface area contributed by atoms with Crippen LogP contribution in [0, 0.1) is 22.7 Å². The first-order chi connectivity index (χ1) is 5.71. The van der Waals surface area contributed by atoms with Gasteiger partial charge in [0.15, 0.2) is 0 Å². The standard InChI is InChI=1S/C12H20/c1-9-3-5-11(9)7-8-12(11)6-4-10(12)2/h9-10H,3-8H2,1-2H3. The van der Waals surface area contributed by atoms with Crippen LogP contribution in [0.3, 0.4) is 0 Å². The molecular formula is C12H20.